The standard InChI is InChI=1S/C11H13F2NO/c1-7-11(4-5-15-7)14-8-2-3-9(12)10(13)6-8/h2-3,6-7,11,14H,4-5H2,1H3. The second-order valence-electron chi connectivity index (χ2n) is 3.74. The summed E-state index contributed by atoms with van der Waals surface area (Å²) in [5.41, 5.74) is 0.594. The van der Waals surface area contributed by atoms with E-state index in [2.05, 4.69) is 5.32 Å². The summed E-state index contributed by atoms with van der Waals surface area (Å²) < 4.78 is 30.9. The van der Waals surface area contributed by atoms with Crippen LogP contribution in [0.1, 0.15) is 13.3 Å². The lowest BCUT2D eigenvalue weighted by atomic mass is 10.1. The van der Waals surface area contributed by atoms with Crippen LogP contribution in [0.2, 0.25) is 0 Å². The molecule has 82 valence electrons. The van der Waals surface area contributed by atoms with Crippen LogP contribution in [-0.2, 0) is 4.74 Å². The van der Waals surface area contributed by atoms with Gasteiger partial charge < -0.3 is 10.1 Å². The van der Waals surface area contributed by atoms with Crippen LogP contribution < -0.4 is 5.32 Å². The first-order valence-corrected chi connectivity index (χ1v) is 5.00. The number of hydrogen-bond donors (Lipinski definition) is 1. The van der Waals surface area contributed by atoms with Crippen LogP contribution in [-0.4, -0.2) is 18.8 Å². The van der Waals surface area contributed by atoms with Crippen LogP contribution in [0.25, 0.3) is 0 Å². The van der Waals surface area contributed by atoms with E-state index in [1.165, 1.54) is 12.1 Å². The zero-order valence-corrected chi connectivity index (χ0v) is 8.47. The largest absolute Gasteiger partial charge is 0.380 e. The van der Waals surface area contributed by atoms with Gasteiger partial charge in [-0.15, -0.1) is 0 Å². The molecule has 1 heterocycles. The fraction of sp³-hybridized carbons (Fsp3) is 0.455. The van der Waals surface area contributed by atoms with E-state index >= 15 is 0 Å². The Morgan fingerprint density at radius 1 is 1.33 bits per heavy atom. The highest BCUT2D eigenvalue weighted by Gasteiger charge is 2.23. The molecule has 0 spiro atoms. The SMILES string of the molecule is CC1OCCC1Nc1ccc(F)c(F)c1. The Morgan fingerprint density at radius 2 is 2.13 bits per heavy atom. The van der Waals surface area contributed by atoms with Crippen molar-refractivity contribution >= 4 is 5.69 Å². The predicted octanol–water partition coefficient (Wildman–Crippen LogP) is 2.55. The first-order valence-electron chi connectivity index (χ1n) is 5.00. The van der Waals surface area contributed by atoms with E-state index < -0.39 is 11.6 Å². The van der Waals surface area contributed by atoms with Gasteiger partial charge in [0.2, 0.25) is 0 Å². The highest BCUT2D eigenvalue weighted by atomic mass is 19.2. The summed E-state index contributed by atoms with van der Waals surface area (Å²) in [6.45, 7) is 2.67. The van der Waals surface area contributed by atoms with Crippen LogP contribution in [0.15, 0.2) is 18.2 Å². The van der Waals surface area contributed by atoms with Crippen molar-refractivity contribution in [2.45, 2.75) is 25.5 Å². The van der Waals surface area contributed by atoms with E-state index in [9.17, 15) is 8.78 Å². The molecule has 0 saturated carbocycles. The van der Waals surface area contributed by atoms with Crippen molar-refractivity contribution in [3.05, 3.63) is 29.8 Å². The van der Waals surface area contributed by atoms with Gasteiger partial charge in [-0.05, 0) is 25.5 Å². The molecular weight excluding hydrogens is 200 g/mol. The highest BCUT2D eigenvalue weighted by molar-refractivity contribution is 5.44. The molecule has 4 heteroatoms. The molecule has 2 rings (SSSR count). The Balaban J connectivity index is 2.07. The highest BCUT2D eigenvalue weighted by Crippen LogP contribution is 2.20. The molecule has 0 amide bonds. The normalized spacial score (nSPS) is 25.5. The van der Waals surface area contributed by atoms with Gasteiger partial charge in [0.1, 0.15) is 0 Å². The maximum absolute atomic E-state index is 12.9. The average molecular weight is 213 g/mol. The molecule has 1 aromatic rings. The minimum absolute atomic E-state index is 0.109. The van der Waals surface area contributed by atoms with Crippen molar-refractivity contribution in [3.63, 3.8) is 0 Å². The number of halogens is 2. The molecule has 15 heavy (non-hydrogen) atoms. The fourth-order valence-corrected chi connectivity index (χ4v) is 1.72. The van der Waals surface area contributed by atoms with E-state index in [-0.39, 0.29) is 12.1 Å². The molecule has 2 nitrogen and oxygen atoms in total. The number of anilines is 1. The molecular formula is C11H13F2NO. The molecule has 1 aliphatic heterocycles. The van der Waals surface area contributed by atoms with Gasteiger partial charge in [-0.25, -0.2) is 8.78 Å². The Hall–Kier alpha value is -1.16. The van der Waals surface area contributed by atoms with E-state index in [0.29, 0.717) is 12.3 Å². The molecule has 1 aromatic carbocycles. The lowest BCUT2D eigenvalue weighted by Gasteiger charge is -2.17. The average Bonchev–Trinajstić information content (AvgIpc) is 2.59. The molecule has 0 bridgehead atoms. The quantitative estimate of drug-likeness (QED) is 0.815. The minimum atomic E-state index is -0.827. The van der Waals surface area contributed by atoms with Gasteiger partial charge in [0, 0.05) is 18.4 Å². The van der Waals surface area contributed by atoms with Gasteiger partial charge in [0.15, 0.2) is 11.6 Å². The number of benzene rings is 1. The first-order chi connectivity index (χ1) is 7.16. The summed E-state index contributed by atoms with van der Waals surface area (Å²) in [4.78, 5) is 0. The molecule has 1 aliphatic rings. The van der Waals surface area contributed by atoms with Gasteiger partial charge in [0.05, 0.1) is 12.1 Å². The van der Waals surface area contributed by atoms with Crippen LogP contribution in [0.3, 0.4) is 0 Å². The lowest BCUT2D eigenvalue weighted by Crippen LogP contribution is -2.26. The van der Waals surface area contributed by atoms with Crippen molar-refractivity contribution in [3.8, 4) is 0 Å². The van der Waals surface area contributed by atoms with Crippen molar-refractivity contribution < 1.29 is 13.5 Å². The number of rotatable bonds is 2. The van der Waals surface area contributed by atoms with Crippen molar-refractivity contribution in [2.75, 3.05) is 11.9 Å². The maximum Gasteiger partial charge on any atom is 0.160 e. The monoisotopic (exact) mass is 213 g/mol. The van der Waals surface area contributed by atoms with Crippen molar-refractivity contribution in [1.29, 1.82) is 0 Å². The van der Waals surface area contributed by atoms with Gasteiger partial charge >= 0.3 is 0 Å². The zero-order valence-electron chi connectivity index (χ0n) is 8.47. The maximum atomic E-state index is 12.9. The summed E-state index contributed by atoms with van der Waals surface area (Å²) in [6.07, 6.45) is 0.998. The fourth-order valence-electron chi connectivity index (χ4n) is 1.72. The van der Waals surface area contributed by atoms with Gasteiger partial charge in [-0.2, -0.15) is 0 Å². The molecule has 2 unspecified atom stereocenters. The van der Waals surface area contributed by atoms with Gasteiger partial charge in [0.25, 0.3) is 0 Å². The number of hydrogen-bond acceptors (Lipinski definition) is 2. The van der Waals surface area contributed by atoms with E-state index in [1.807, 2.05) is 6.92 Å². The van der Waals surface area contributed by atoms with Crippen LogP contribution in [0, 0.1) is 11.6 Å². The lowest BCUT2D eigenvalue weighted by molar-refractivity contribution is 0.121. The summed E-state index contributed by atoms with van der Waals surface area (Å²) in [5, 5.41) is 3.13. The third-order valence-corrected chi connectivity index (χ3v) is 2.65. The number of ether oxygens (including phenoxy) is 1. The van der Waals surface area contributed by atoms with Gasteiger partial charge in [-0.1, -0.05) is 0 Å². The Labute approximate surface area is 87.2 Å². The second-order valence-corrected chi connectivity index (χ2v) is 3.74. The van der Waals surface area contributed by atoms with Crippen molar-refractivity contribution in [2.24, 2.45) is 0 Å². The summed E-state index contributed by atoms with van der Waals surface area (Å²) in [5.74, 6) is -1.65. The van der Waals surface area contributed by atoms with Gasteiger partial charge in [-0.3, -0.25) is 0 Å². The van der Waals surface area contributed by atoms with Crippen molar-refractivity contribution in [1.82, 2.24) is 0 Å². The van der Waals surface area contributed by atoms with Crippen LogP contribution >= 0.6 is 0 Å². The number of nitrogens with one attached hydrogen (secondary N) is 1. The predicted molar refractivity (Wildman–Crippen MR) is 53.8 cm³/mol. The molecule has 0 aliphatic carbocycles. The molecule has 2 atom stereocenters. The Bertz CT molecular complexity index is 356. The molecule has 1 N–H and O–H groups in total. The third-order valence-electron chi connectivity index (χ3n) is 2.65. The molecule has 0 aromatic heterocycles. The second kappa shape index (κ2) is 4.14. The Morgan fingerprint density at radius 3 is 2.73 bits per heavy atom. The Kier molecular flexibility index (Phi) is 2.86. The third kappa shape index (κ3) is 2.26. The smallest absolute Gasteiger partial charge is 0.160 e. The summed E-state index contributed by atoms with van der Waals surface area (Å²) in [7, 11) is 0. The molecule has 1 saturated heterocycles. The molecule has 0 radical (unpaired) electrons. The zero-order chi connectivity index (χ0) is 10.8. The molecule has 1 fully saturated rings. The van der Waals surface area contributed by atoms with Crippen LogP contribution in [0.5, 0.6) is 0 Å². The first kappa shape index (κ1) is 10.4. The summed E-state index contributed by atoms with van der Waals surface area (Å²) in [6, 6.07) is 4.00. The minimum Gasteiger partial charge on any atom is -0.380 e. The summed E-state index contributed by atoms with van der Waals surface area (Å²) >= 11 is 0. The van der Waals surface area contributed by atoms with E-state index in [1.54, 1.807) is 0 Å². The topological polar surface area (TPSA) is 21.3 Å². The van der Waals surface area contributed by atoms with E-state index in [0.717, 1.165) is 12.5 Å². The van der Waals surface area contributed by atoms with Crippen LogP contribution in [0.4, 0.5) is 14.5 Å². The van der Waals surface area contributed by atoms with E-state index in [4.69, 9.17) is 4.74 Å².